The molecule has 1 rings (SSSR count). The number of Topliss-reactive ketones (excluding diaryl/α,β-unsaturated/α-hetero) is 3. The maximum atomic E-state index is 12.2. The number of allylic oxidation sites excluding steroid dienone is 1. The van der Waals surface area contributed by atoms with Crippen LogP contribution >= 0.6 is 11.6 Å². The highest BCUT2D eigenvalue weighted by atomic mass is 35.5. The summed E-state index contributed by atoms with van der Waals surface area (Å²) in [5.41, 5.74) is 0.351. The van der Waals surface area contributed by atoms with E-state index in [-0.39, 0.29) is 11.4 Å². The molecule has 0 N–H and O–H groups in total. The van der Waals surface area contributed by atoms with Crippen LogP contribution < -0.4 is 0 Å². The summed E-state index contributed by atoms with van der Waals surface area (Å²) in [6.45, 7) is 6.08. The Balaban J connectivity index is 3.11. The van der Waals surface area contributed by atoms with Crippen LogP contribution in [0.15, 0.2) is 36.4 Å². The van der Waals surface area contributed by atoms with Gasteiger partial charge in [-0.05, 0) is 38.1 Å². The third-order valence-corrected chi connectivity index (χ3v) is 2.85. The van der Waals surface area contributed by atoms with Gasteiger partial charge >= 0.3 is 0 Å². The van der Waals surface area contributed by atoms with Crippen molar-refractivity contribution < 1.29 is 14.4 Å². The largest absolute Gasteiger partial charge is 0.299 e. The molecule has 0 radical (unpaired) electrons. The minimum atomic E-state index is -1.11. The Morgan fingerprint density at radius 2 is 1.61 bits per heavy atom. The van der Waals surface area contributed by atoms with Gasteiger partial charge in [-0.2, -0.15) is 0 Å². The van der Waals surface area contributed by atoms with Gasteiger partial charge in [-0.1, -0.05) is 18.2 Å². The van der Waals surface area contributed by atoms with E-state index in [0.717, 1.165) is 0 Å². The lowest BCUT2D eigenvalue weighted by Gasteiger charge is -2.13. The summed E-state index contributed by atoms with van der Waals surface area (Å²) in [4.78, 5) is 34.9. The predicted octanol–water partition coefficient (Wildman–Crippen LogP) is 2.87. The molecule has 1 aromatic rings. The van der Waals surface area contributed by atoms with Gasteiger partial charge in [0.1, 0.15) is 11.7 Å². The number of halogens is 1. The molecular weight excluding hydrogens is 252 g/mol. The Kier molecular flexibility index (Phi) is 4.56. The number of benzene rings is 1. The Morgan fingerprint density at radius 1 is 1.11 bits per heavy atom. The number of carbonyl (C=O) groups is 3. The van der Waals surface area contributed by atoms with E-state index in [1.165, 1.54) is 26.0 Å². The highest BCUT2D eigenvalue weighted by Crippen LogP contribution is 2.19. The van der Waals surface area contributed by atoms with Gasteiger partial charge in [0, 0.05) is 16.2 Å². The van der Waals surface area contributed by atoms with Gasteiger partial charge in [0.2, 0.25) is 0 Å². The molecule has 0 aliphatic carbocycles. The molecule has 18 heavy (non-hydrogen) atoms. The molecule has 0 aromatic heterocycles. The third-order valence-electron chi connectivity index (χ3n) is 2.60. The molecule has 0 aliphatic rings. The molecule has 0 amide bonds. The molecule has 1 atom stereocenters. The van der Waals surface area contributed by atoms with Crippen LogP contribution in [0.1, 0.15) is 24.2 Å². The highest BCUT2D eigenvalue weighted by molar-refractivity contribution is 6.30. The summed E-state index contributed by atoms with van der Waals surface area (Å²) >= 11 is 5.72. The molecule has 0 aliphatic heterocycles. The second kappa shape index (κ2) is 5.74. The van der Waals surface area contributed by atoms with E-state index in [9.17, 15) is 14.4 Å². The first-order chi connectivity index (χ1) is 8.34. The Bertz CT molecular complexity index is 514. The topological polar surface area (TPSA) is 51.2 Å². The van der Waals surface area contributed by atoms with Gasteiger partial charge in [0.05, 0.1) is 0 Å². The summed E-state index contributed by atoms with van der Waals surface area (Å²) in [6, 6.07) is 6.16. The normalized spacial score (nSPS) is 11.7. The second-order valence-electron chi connectivity index (χ2n) is 4.00. The van der Waals surface area contributed by atoms with Crippen molar-refractivity contribution in [2.45, 2.75) is 13.8 Å². The summed E-state index contributed by atoms with van der Waals surface area (Å²) in [5.74, 6) is -2.30. The summed E-state index contributed by atoms with van der Waals surface area (Å²) in [6.07, 6.45) is 0. The molecule has 1 unspecified atom stereocenters. The van der Waals surface area contributed by atoms with Crippen LogP contribution in [-0.2, 0) is 9.59 Å². The van der Waals surface area contributed by atoms with E-state index in [4.69, 9.17) is 11.6 Å². The lowest BCUT2D eigenvalue weighted by atomic mass is 9.86. The van der Waals surface area contributed by atoms with E-state index >= 15 is 0 Å². The molecule has 0 fully saturated rings. The Hall–Kier alpha value is -1.74. The predicted molar refractivity (Wildman–Crippen MR) is 69.8 cm³/mol. The summed E-state index contributed by atoms with van der Waals surface area (Å²) in [7, 11) is 0. The van der Waals surface area contributed by atoms with Crippen molar-refractivity contribution in [3.63, 3.8) is 0 Å². The lowest BCUT2D eigenvalue weighted by molar-refractivity contribution is -0.121. The van der Waals surface area contributed by atoms with E-state index in [1.54, 1.807) is 12.1 Å². The van der Waals surface area contributed by atoms with Crippen molar-refractivity contribution in [3.05, 3.63) is 47.0 Å². The van der Waals surface area contributed by atoms with Crippen molar-refractivity contribution >= 4 is 29.0 Å². The quantitative estimate of drug-likeness (QED) is 0.467. The van der Waals surface area contributed by atoms with E-state index in [0.29, 0.717) is 10.6 Å². The molecule has 0 spiro atoms. The smallest absolute Gasteiger partial charge is 0.177 e. The van der Waals surface area contributed by atoms with Crippen molar-refractivity contribution in [1.29, 1.82) is 0 Å². The fourth-order valence-corrected chi connectivity index (χ4v) is 1.70. The highest BCUT2D eigenvalue weighted by Gasteiger charge is 2.29. The SMILES string of the molecule is C=C(C(C)=O)C(C(C)=O)C(=O)c1ccc(Cl)cc1. The first-order valence-corrected chi connectivity index (χ1v) is 5.72. The van der Waals surface area contributed by atoms with Crippen LogP contribution in [0.5, 0.6) is 0 Å². The molecule has 3 nitrogen and oxygen atoms in total. The zero-order chi connectivity index (χ0) is 13.9. The average Bonchev–Trinajstić information content (AvgIpc) is 2.29. The fourth-order valence-electron chi connectivity index (χ4n) is 1.57. The number of hydrogen-bond acceptors (Lipinski definition) is 3. The number of ketones is 3. The Labute approximate surface area is 110 Å². The number of hydrogen-bond donors (Lipinski definition) is 0. The van der Waals surface area contributed by atoms with E-state index in [2.05, 4.69) is 6.58 Å². The molecule has 0 saturated carbocycles. The zero-order valence-electron chi connectivity index (χ0n) is 10.2. The standard InChI is InChI=1S/C14H13ClO3/c1-8(9(2)16)13(10(3)17)14(18)11-4-6-12(15)7-5-11/h4-7,13H,1H2,2-3H3. The van der Waals surface area contributed by atoms with Crippen molar-refractivity contribution in [3.8, 4) is 0 Å². The van der Waals surface area contributed by atoms with Crippen LogP contribution in [0.2, 0.25) is 5.02 Å². The van der Waals surface area contributed by atoms with E-state index < -0.39 is 17.5 Å². The van der Waals surface area contributed by atoms with Gasteiger partial charge in [-0.25, -0.2) is 0 Å². The van der Waals surface area contributed by atoms with Gasteiger partial charge in [-0.15, -0.1) is 0 Å². The third kappa shape index (κ3) is 3.14. The lowest BCUT2D eigenvalue weighted by Crippen LogP contribution is -2.26. The van der Waals surface area contributed by atoms with Crippen LogP contribution in [0, 0.1) is 5.92 Å². The molecule has 0 bridgehead atoms. The number of carbonyl (C=O) groups excluding carboxylic acids is 3. The van der Waals surface area contributed by atoms with Crippen LogP contribution in [0.4, 0.5) is 0 Å². The maximum Gasteiger partial charge on any atom is 0.177 e. The van der Waals surface area contributed by atoms with Gasteiger partial charge in [-0.3, -0.25) is 14.4 Å². The van der Waals surface area contributed by atoms with Crippen LogP contribution in [0.25, 0.3) is 0 Å². The number of rotatable bonds is 5. The monoisotopic (exact) mass is 264 g/mol. The summed E-state index contributed by atoms with van der Waals surface area (Å²) in [5, 5.41) is 0.497. The molecule has 0 heterocycles. The van der Waals surface area contributed by atoms with Crippen molar-refractivity contribution in [2.75, 3.05) is 0 Å². The van der Waals surface area contributed by atoms with Crippen LogP contribution in [-0.4, -0.2) is 17.3 Å². The van der Waals surface area contributed by atoms with Gasteiger partial charge in [0.25, 0.3) is 0 Å². The minimum Gasteiger partial charge on any atom is -0.299 e. The molecule has 4 heteroatoms. The van der Waals surface area contributed by atoms with Gasteiger partial charge in [0.15, 0.2) is 11.6 Å². The van der Waals surface area contributed by atoms with Crippen molar-refractivity contribution in [1.82, 2.24) is 0 Å². The molecule has 94 valence electrons. The average molecular weight is 265 g/mol. The second-order valence-corrected chi connectivity index (χ2v) is 4.43. The molecular formula is C14H13ClO3. The fraction of sp³-hybridized carbons (Fsp3) is 0.214. The Morgan fingerprint density at radius 3 is 2.00 bits per heavy atom. The zero-order valence-corrected chi connectivity index (χ0v) is 11.0. The van der Waals surface area contributed by atoms with Crippen LogP contribution in [0.3, 0.4) is 0 Å². The summed E-state index contributed by atoms with van der Waals surface area (Å²) < 4.78 is 0. The minimum absolute atomic E-state index is 0.0162. The van der Waals surface area contributed by atoms with Gasteiger partial charge < -0.3 is 0 Å². The van der Waals surface area contributed by atoms with E-state index in [1.807, 2.05) is 0 Å². The van der Waals surface area contributed by atoms with Crippen molar-refractivity contribution in [2.24, 2.45) is 5.92 Å². The first-order valence-electron chi connectivity index (χ1n) is 5.34. The maximum absolute atomic E-state index is 12.2. The molecule has 1 aromatic carbocycles. The molecule has 0 saturated heterocycles. The first kappa shape index (κ1) is 14.3.